The maximum absolute atomic E-state index is 12.6. The van der Waals surface area contributed by atoms with Gasteiger partial charge in [0, 0.05) is 12.5 Å². The largest absolute Gasteiger partial charge is 0.302 e. The maximum Gasteiger partial charge on any atom is 0.185 e. The molecule has 11 heavy (non-hydrogen) atoms. The van der Waals surface area contributed by atoms with E-state index in [0.29, 0.717) is 6.08 Å². The molecular weight excluding hydrogens is 174 g/mol. The summed E-state index contributed by atoms with van der Waals surface area (Å²) in [6.45, 7) is 0. The molecule has 1 aliphatic carbocycles. The van der Waals surface area contributed by atoms with Gasteiger partial charge in [-0.1, -0.05) is 0 Å². The van der Waals surface area contributed by atoms with Gasteiger partial charge in [-0.3, -0.25) is 0 Å². The van der Waals surface area contributed by atoms with Gasteiger partial charge in [0.25, 0.3) is 0 Å². The van der Waals surface area contributed by atoms with Crippen molar-refractivity contribution in [2.75, 3.05) is 0 Å². The Bertz CT molecular complexity index is 257. The summed E-state index contributed by atoms with van der Waals surface area (Å²) in [6, 6.07) is 0. The van der Waals surface area contributed by atoms with Gasteiger partial charge in [-0.25, -0.2) is 13.0 Å². The second-order valence-corrected chi connectivity index (χ2v) is 3.10. The van der Waals surface area contributed by atoms with Crippen LogP contribution in [0.2, 0.25) is 0 Å². The lowest BCUT2D eigenvalue weighted by Gasteiger charge is -2.07. The second kappa shape index (κ2) is 3.23. The van der Waals surface area contributed by atoms with Gasteiger partial charge in [0.2, 0.25) is 0 Å². The van der Waals surface area contributed by atoms with E-state index in [2.05, 4.69) is 0 Å². The fourth-order valence-electron chi connectivity index (χ4n) is 0.813. The molecule has 0 radical (unpaired) electrons. The van der Waals surface area contributed by atoms with Gasteiger partial charge >= 0.3 is 0 Å². The van der Waals surface area contributed by atoms with Crippen molar-refractivity contribution in [3.63, 3.8) is 0 Å². The van der Waals surface area contributed by atoms with Crippen LogP contribution in [0.3, 0.4) is 0 Å². The monoisotopic (exact) mass is 180 g/mol. The van der Waals surface area contributed by atoms with Gasteiger partial charge in [-0.2, -0.15) is 0 Å². The molecule has 2 nitrogen and oxygen atoms in total. The Balaban J connectivity index is 2.95. The average molecular weight is 180 g/mol. The van der Waals surface area contributed by atoms with Crippen molar-refractivity contribution in [3.05, 3.63) is 22.6 Å². The smallest absolute Gasteiger partial charge is 0.185 e. The van der Waals surface area contributed by atoms with E-state index < -0.39 is 22.7 Å². The Morgan fingerprint density at radius 2 is 2.09 bits per heavy atom. The summed E-state index contributed by atoms with van der Waals surface area (Å²) in [5.74, 6) is -1.51. The average Bonchev–Trinajstić information content (AvgIpc) is 1.85. The first-order valence-corrected chi connectivity index (χ1v) is 4.07. The molecule has 0 heterocycles. The third kappa shape index (κ3) is 1.94. The lowest BCUT2D eigenvalue weighted by molar-refractivity contribution is 0.539. The normalized spacial score (nSPS) is 21.5. The predicted molar refractivity (Wildman–Crippen MR) is 37.3 cm³/mol. The third-order valence-electron chi connectivity index (χ3n) is 1.35. The highest BCUT2D eigenvalue weighted by molar-refractivity contribution is 7.83. The Morgan fingerprint density at radius 1 is 1.45 bits per heavy atom. The Kier molecular flexibility index (Phi) is 2.51. The molecule has 0 spiro atoms. The molecule has 5 heteroatoms. The highest BCUT2D eigenvalue weighted by Crippen LogP contribution is 2.26. The van der Waals surface area contributed by atoms with Gasteiger partial charge in [0.05, 0.1) is 4.91 Å². The third-order valence-corrected chi connectivity index (χ3v) is 2.17. The summed E-state index contributed by atoms with van der Waals surface area (Å²) < 4.78 is 43.6. The minimum Gasteiger partial charge on any atom is -0.302 e. The number of halogens is 2. The van der Waals surface area contributed by atoms with Crippen LogP contribution in [0.4, 0.5) is 8.78 Å². The number of hydrogen-bond acceptors (Lipinski definition) is 1. The van der Waals surface area contributed by atoms with Gasteiger partial charge in [-0.15, -0.1) is 0 Å². The molecule has 1 unspecified atom stereocenters. The predicted octanol–water partition coefficient (Wildman–Crippen LogP) is 2.04. The maximum atomic E-state index is 12.6. The van der Waals surface area contributed by atoms with Crippen LogP contribution in [0.5, 0.6) is 0 Å². The fraction of sp³-hybridized carbons (Fsp3) is 0.333. The van der Waals surface area contributed by atoms with Crippen LogP contribution < -0.4 is 0 Å². The molecule has 0 aromatic heterocycles. The number of rotatable bonds is 1. The molecule has 62 valence electrons. The summed E-state index contributed by atoms with van der Waals surface area (Å²) in [5.41, 5.74) is 0. The van der Waals surface area contributed by atoms with E-state index in [9.17, 15) is 13.0 Å². The van der Waals surface area contributed by atoms with E-state index in [4.69, 9.17) is 4.55 Å². The summed E-state index contributed by atoms with van der Waals surface area (Å²) in [5, 5.41) is 0. The zero-order chi connectivity index (χ0) is 8.43. The molecular formula is C6H6F2O2S. The van der Waals surface area contributed by atoms with Crippen LogP contribution in [-0.4, -0.2) is 8.76 Å². The summed E-state index contributed by atoms with van der Waals surface area (Å²) >= 11 is -2.30. The van der Waals surface area contributed by atoms with Crippen molar-refractivity contribution < 1.29 is 17.5 Å². The van der Waals surface area contributed by atoms with E-state index in [1.807, 2.05) is 0 Å². The molecule has 0 saturated heterocycles. The first kappa shape index (κ1) is 8.55. The van der Waals surface area contributed by atoms with E-state index in [1.165, 1.54) is 0 Å². The van der Waals surface area contributed by atoms with Gasteiger partial charge in [0.15, 0.2) is 11.1 Å². The second-order valence-electron chi connectivity index (χ2n) is 2.11. The summed E-state index contributed by atoms with van der Waals surface area (Å²) in [7, 11) is 0. The molecule has 0 saturated carbocycles. The molecule has 1 atom stereocenters. The van der Waals surface area contributed by atoms with Crippen molar-refractivity contribution in [3.8, 4) is 0 Å². The molecule has 0 amide bonds. The highest BCUT2D eigenvalue weighted by Gasteiger charge is 2.17. The van der Waals surface area contributed by atoms with Gasteiger partial charge in [-0.05, 0) is 6.42 Å². The first-order valence-electron chi connectivity index (χ1n) is 2.97. The highest BCUT2D eigenvalue weighted by atomic mass is 32.2. The number of hydrogen-bond donors (Lipinski definition) is 1. The van der Waals surface area contributed by atoms with Crippen molar-refractivity contribution in [1.29, 1.82) is 0 Å². The van der Waals surface area contributed by atoms with Crippen LogP contribution in [0.1, 0.15) is 12.8 Å². The molecule has 1 aliphatic rings. The molecule has 0 fully saturated rings. The minimum atomic E-state index is -2.30. The van der Waals surface area contributed by atoms with Crippen LogP contribution in [0, 0.1) is 0 Å². The van der Waals surface area contributed by atoms with Crippen molar-refractivity contribution >= 4 is 11.1 Å². The zero-order valence-electron chi connectivity index (χ0n) is 5.51. The van der Waals surface area contributed by atoms with Crippen LogP contribution >= 0.6 is 0 Å². The minimum absolute atomic E-state index is 0.00898. The zero-order valence-corrected chi connectivity index (χ0v) is 6.33. The van der Waals surface area contributed by atoms with E-state index in [1.54, 1.807) is 0 Å². The molecule has 0 bridgehead atoms. The lowest BCUT2D eigenvalue weighted by Crippen LogP contribution is -2.00. The summed E-state index contributed by atoms with van der Waals surface area (Å²) in [6.07, 6.45) is 0.638. The Hall–Kier alpha value is -0.550. The van der Waals surface area contributed by atoms with E-state index >= 15 is 0 Å². The lowest BCUT2D eigenvalue weighted by atomic mass is 10.2. The number of allylic oxidation sites excluding steroid dienone is 4. The van der Waals surface area contributed by atoms with Crippen molar-refractivity contribution in [1.82, 2.24) is 0 Å². The quantitative estimate of drug-likeness (QED) is 0.627. The van der Waals surface area contributed by atoms with Gasteiger partial charge < -0.3 is 4.55 Å². The first-order chi connectivity index (χ1) is 5.11. The van der Waals surface area contributed by atoms with Crippen molar-refractivity contribution in [2.24, 2.45) is 0 Å². The van der Waals surface area contributed by atoms with Crippen molar-refractivity contribution in [2.45, 2.75) is 12.8 Å². The van der Waals surface area contributed by atoms with Gasteiger partial charge in [0.1, 0.15) is 11.7 Å². The SMILES string of the molecule is O=S(O)C1=C(F)C=C(F)CC1. The van der Waals surface area contributed by atoms with E-state index in [-0.39, 0.29) is 17.7 Å². The molecule has 0 aromatic rings. The molecule has 0 aliphatic heterocycles. The standard InChI is InChI=1S/C6H6F2O2S/c7-4-1-2-6(11(9)10)5(8)3-4/h3H,1-2H2,(H,9,10). The molecule has 1 N–H and O–H groups in total. The van der Waals surface area contributed by atoms with Crippen LogP contribution in [0.15, 0.2) is 22.6 Å². The molecule has 0 aromatic carbocycles. The van der Waals surface area contributed by atoms with Crippen LogP contribution in [0.25, 0.3) is 0 Å². The van der Waals surface area contributed by atoms with E-state index in [0.717, 1.165) is 0 Å². The fourth-order valence-corrected chi connectivity index (χ4v) is 1.32. The Labute approximate surface area is 64.9 Å². The molecule has 1 rings (SSSR count). The Morgan fingerprint density at radius 3 is 2.55 bits per heavy atom. The topological polar surface area (TPSA) is 37.3 Å². The summed E-state index contributed by atoms with van der Waals surface area (Å²) in [4.78, 5) is -0.230. The van der Waals surface area contributed by atoms with Crippen LogP contribution in [-0.2, 0) is 11.1 Å².